The first kappa shape index (κ1) is 14.4. The fraction of sp³-hybridized carbons (Fsp3) is 0.111. The number of benzene rings is 1. The molecule has 3 aromatic heterocycles. The van der Waals surface area contributed by atoms with Crippen LogP contribution in [0.5, 0.6) is 0 Å². The van der Waals surface area contributed by atoms with Gasteiger partial charge in [0.15, 0.2) is 0 Å². The quantitative estimate of drug-likeness (QED) is 0.552. The van der Waals surface area contributed by atoms with Crippen molar-refractivity contribution in [2.75, 3.05) is 11.9 Å². The molecule has 3 nitrogen and oxygen atoms in total. The van der Waals surface area contributed by atoms with Gasteiger partial charge < -0.3 is 5.32 Å². The summed E-state index contributed by atoms with van der Waals surface area (Å²) in [7, 11) is 0. The van der Waals surface area contributed by atoms with Gasteiger partial charge in [-0.3, -0.25) is 0 Å². The van der Waals surface area contributed by atoms with Crippen LogP contribution >= 0.6 is 22.7 Å². The zero-order valence-electron chi connectivity index (χ0n) is 12.4. The fourth-order valence-electron chi connectivity index (χ4n) is 2.59. The van der Waals surface area contributed by atoms with E-state index in [2.05, 4.69) is 62.4 Å². The minimum Gasteiger partial charge on any atom is -0.369 e. The third kappa shape index (κ3) is 2.98. The molecule has 23 heavy (non-hydrogen) atoms. The molecule has 1 N–H and O–H groups in total. The maximum absolute atomic E-state index is 4.47. The van der Waals surface area contributed by atoms with E-state index >= 15 is 0 Å². The Morgan fingerprint density at radius 3 is 2.70 bits per heavy atom. The van der Waals surface area contributed by atoms with Crippen LogP contribution < -0.4 is 5.32 Å². The number of nitrogens with zero attached hydrogens (tertiary/aromatic N) is 2. The lowest BCUT2D eigenvalue weighted by atomic mass is 10.1. The van der Waals surface area contributed by atoms with Crippen molar-refractivity contribution in [1.29, 1.82) is 0 Å². The Morgan fingerprint density at radius 2 is 1.87 bits per heavy atom. The minimum atomic E-state index is 0.857. The van der Waals surface area contributed by atoms with Crippen LogP contribution in [0.2, 0.25) is 0 Å². The number of anilines is 1. The van der Waals surface area contributed by atoms with Crippen molar-refractivity contribution in [3.8, 4) is 10.4 Å². The van der Waals surface area contributed by atoms with E-state index in [0.717, 1.165) is 29.0 Å². The molecule has 4 rings (SSSR count). The maximum Gasteiger partial charge on any atom is 0.138 e. The highest BCUT2D eigenvalue weighted by Crippen LogP contribution is 2.38. The van der Waals surface area contributed by atoms with Gasteiger partial charge in [0.25, 0.3) is 0 Å². The molecule has 0 saturated carbocycles. The Hall–Kier alpha value is -2.24. The molecule has 0 aliphatic heterocycles. The molecule has 0 amide bonds. The Labute approximate surface area is 142 Å². The second-order valence-corrected chi connectivity index (χ2v) is 7.00. The molecular formula is C18H15N3S2. The number of hydrogen-bond acceptors (Lipinski definition) is 5. The highest BCUT2D eigenvalue weighted by atomic mass is 32.1. The van der Waals surface area contributed by atoms with Gasteiger partial charge in [-0.25, -0.2) is 9.97 Å². The highest BCUT2D eigenvalue weighted by Gasteiger charge is 2.13. The van der Waals surface area contributed by atoms with Crippen molar-refractivity contribution in [2.45, 2.75) is 6.42 Å². The summed E-state index contributed by atoms with van der Waals surface area (Å²) in [5.41, 5.74) is 2.55. The number of hydrogen-bond donors (Lipinski definition) is 1. The molecule has 0 unspecified atom stereocenters. The summed E-state index contributed by atoms with van der Waals surface area (Å²) in [6, 6.07) is 14.7. The highest BCUT2D eigenvalue weighted by molar-refractivity contribution is 7.18. The standard InChI is InChI=1S/C18H15N3S2/c1-2-5-13(6-3-1)8-9-19-17-16-14(15-7-4-10-22-15)11-23-18(16)21-12-20-17/h1-7,10-12H,8-9H2,(H,19,20,21). The van der Waals surface area contributed by atoms with Gasteiger partial charge in [-0.15, -0.1) is 22.7 Å². The third-order valence-corrected chi connectivity index (χ3v) is 5.50. The molecule has 0 aliphatic rings. The van der Waals surface area contributed by atoms with E-state index < -0.39 is 0 Å². The molecule has 0 saturated heterocycles. The lowest BCUT2D eigenvalue weighted by molar-refractivity contribution is 1.01. The summed E-state index contributed by atoms with van der Waals surface area (Å²) in [4.78, 5) is 11.2. The summed E-state index contributed by atoms with van der Waals surface area (Å²) in [5.74, 6) is 0.926. The number of nitrogens with one attached hydrogen (secondary N) is 1. The van der Waals surface area contributed by atoms with Gasteiger partial charge in [0.05, 0.1) is 5.39 Å². The zero-order valence-corrected chi connectivity index (χ0v) is 14.0. The zero-order chi connectivity index (χ0) is 15.5. The Bertz CT molecular complexity index is 899. The van der Waals surface area contributed by atoms with Crippen molar-refractivity contribution in [3.63, 3.8) is 0 Å². The predicted octanol–water partition coefficient (Wildman–Crippen LogP) is 5.07. The van der Waals surface area contributed by atoms with E-state index in [4.69, 9.17) is 0 Å². The van der Waals surface area contributed by atoms with Crippen LogP contribution in [0.15, 0.2) is 59.6 Å². The average Bonchev–Trinajstić information content (AvgIpc) is 3.25. The first-order valence-electron chi connectivity index (χ1n) is 7.46. The molecule has 0 radical (unpaired) electrons. The van der Waals surface area contributed by atoms with Gasteiger partial charge in [-0.1, -0.05) is 36.4 Å². The van der Waals surface area contributed by atoms with E-state index in [1.54, 1.807) is 29.0 Å². The second-order valence-electron chi connectivity index (χ2n) is 5.19. The Balaban J connectivity index is 1.61. The largest absolute Gasteiger partial charge is 0.369 e. The fourth-order valence-corrected chi connectivity index (χ4v) is 4.32. The van der Waals surface area contributed by atoms with E-state index in [0.29, 0.717) is 0 Å². The van der Waals surface area contributed by atoms with Gasteiger partial charge in [-0.05, 0) is 23.4 Å². The molecule has 0 atom stereocenters. The SMILES string of the molecule is c1ccc(CCNc2ncnc3scc(-c4cccs4)c23)cc1. The smallest absolute Gasteiger partial charge is 0.138 e. The predicted molar refractivity (Wildman–Crippen MR) is 99.4 cm³/mol. The van der Waals surface area contributed by atoms with E-state index in [1.165, 1.54) is 16.0 Å². The molecule has 3 heterocycles. The third-order valence-electron chi connectivity index (χ3n) is 3.71. The molecule has 1 aromatic carbocycles. The topological polar surface area (TPSA) is 37.8 Å². The number of fused-ring (bicyclic) bond motifs is 1. The molecule has 0 spiro atoms. The van der Waals surface area contributed by atoms with E-state index in [1.807, 2.05) is 6.07 Å². The van der Waals surface area contributed by atoms with Crippen LogP contribution in [-0.2, 0) is 6.42 Å². The normalized spacial score (nSPS) is 11.0. The van der Waals surface area contributed by atoms with Crippen LogP contribution in [-0.4, -0.2) is 16.5 Å². The monoisotopic (exact) mass is 337 g/mol. The first-order chi connectivity index (χ1) is 11.4. The summed E-state index contributed by atoms with van der Waals surface area (Å²) in [6.07, 6.45) is 2.62. The molecule has 5 heteroatoms. The summed E-state index contributed by atoms with van der Waals surface area (Å²) in [6.45, 7) is 0.857. The number of thiophene rings is 2. The Morgan fingerprint density at radius 1 is 0.957 bits per heavy atom. The van der Waals surface area contributed by atoms with Crippen molar-refractivity contribution < 1.29 is 0 Å². The number of aromatic nitrogens is 2. The van der Waals surface area contributed by atoms with Crippen molar-refractivity contribution in [1.82, 2.24) is 9.97 Å². The van der Waals surface area contributed by atoms with Gasteiger partial charge >= 0.3 is 0 Å². The molecule has 0 bridgehead atoms. The Kier molecular flexibility index (Phi) is 4.05. The summed E-state index contributed by atoms with van der Waals surface area (Å²) < 4.78 is 0. The summed E-state index contributed by atoms with van der Waals surface area (Å²) in [5, 5.41) is 8.89. The average molecular weight is 337 g/mol. The molecule has 0 aliphatic carbocycles. The van der Waals surface area contributed by atoms with E-state index in [9.17, 15) is 0 Å². The molecule has 114 valence electrons. The van der Waals surface area contributed by atoms with Crippen molar-refractivity contribution in [2.24, 2.45) is 0 Å². The second kappa shape index (κ2) is 6.48. The molecular weight excluding hydrogens is 322 g/mol. The van der Waals surface area contributed by atoms with Crippen LogP contribution in [0.3, 0.4) is 0 Å². The maximum atomic E-state index is 4.47. The van der Waals surface area contributed by atoms with Gasteiger partial charge in [0.1, 0.15) is 17.0 Å². The molecule has 0 fully saturated rings. The summed E-state index contributed by atoms with van der Waals surface area (Å²) >= 11 is 3.42. The van der Waals surface area contributed by atoms with Gasteiger partial charge in [-0.2, -0.15) is 0 Å². The van der Waals surface area contributed by atoms with Crippen molar-refractivity contribution in [3.05, 3.63) is 65.1 Å². The van der Waals surface area contributed by atoms with Gasteiger partial charge in [0.2, 0.25) is 0 Å². The van der Waals surface area contributed by atoms with Crippen LogP contribution in [0.4, 0.5) is 5.82 Å². The van der Waals surface area contributed by atoms with Crippen LogP contribution in [0.25, 0.3) is 20.7 Å². The lowest BCUT2D eigenvalue weighted by Gasteiger charge is -2.08. The lowest BCUT2D eigenvalue weighted by Crippen LogP contribution is -2.06. The van der Waals surface area contributed by atoms with Crippen LogP contribution in [0.1, 0.15) is 5.56 Å². The first-order valence-corrected chi connectivity index (χ1v) is 9.21. The minimum absolute atomic E-state index is 0.857. The van der Waals surface area contributed by atoms with Crippen molar-refractivity contribution >= 4 is 38.7 Å². The molecule has 4 aromatic rings. The number of rotatable bonds is 5. The van der Waals surface area contributed by atoms with Gasteiger partial charge in [0, 0.05) is 22.4 Å². The van der Waals surface area contributed by atoms with E-state index in [-0.39, 0.29) is 0 Å². The van der Waals surface area contributed by atoms with Crippen LogP contribution in [0, 0.1) is 0 Å².